The Morgan fingerprint density at radius 2 is 1.79 bits per heavy atom. The van der Waals surface area contributed by atoms with Gasteiger partial charge < -0.3 is 15.4 Å². The smallest absolute Gasteiger partial charge is 0.253 e. The summed E-state index contributed by atoms with van der Waals surface area (Å²) in [5, 5.41) is 0. The lowest BCUT2D eigenvalue weighted by Crippen LogP contribution is -2.42. The Hall–Kier alpha value is -1.35. The summed E-state index contributed by atoms with van der Waals surface area (Å²) in [5.41, 5.74) is 6.35. The molecule has 1 aromatic carbocycles. The molecule has 0 radical (unpaired) electrons. The van der Waals surface area contributed by atoms with E-state index in [1.807, 2.05) is 6.92 Å². The molecule has 0 aromatic heterocycles. The highest BCUT2D eigenvalue weighted by Crippen LogP contribution is 2.30. The average Bonchev–Trinajstić information content (AvgIpc) is 3.22. The van der Waals surface area contributed by atoms with Gasteiger partial charge in [-0.1, -0.05) is 0 Å². The second-order valence-electron chi connectivity index (χ2n) is 7.47. The first-order valence-electron chi connectivity index (χ1n) is 9.57. The fourth-order valence-electron chi connectivity index (χ4n) is 3.89. The lowest BCUT2D eigenvalue weighted by Gasteiger charge is -2.33. The first kappa shape index (κ1) is 22.9. The summed E-state index contributed by atoms with van der Waals surface area (Å²) in [5.74, 6) is 0.559. The van der Waals surface area contributed by atoms with Crippen molar-refractivity contribution < 1.29 is 17.9 Å². The highest BCUT2D eigenvalue weighted by atomic mass is 35.5. The molecule has 2 saturated heterocycles. The van der Waals surface area contributed by atoms with Crippen molar-refractivity contribution in [3.63, 3.8) is 0 Å². The summed E-state index contributed by atoms with van der Waals surface area (Å²) in [7, 11) is -2.22. The van der Waals surface area contributed by atoms with Gasteiger partial charge in [0, 0.05) is 37.8 Å². The van der Waals surface area contributed by atoms with E-state index < -0.39 is 10.0 Å². The lowest BCUT2D eigenvalue weighted by molar-refractivity contribution is 0.0680. The topological polar surface area (TPSA) is 92.9 Å². The minimum atomic E-state index is -3.67. The van der Waals surface area contributed by atoms with Gasteiger partial charge in [0.2, 0.25) is 10.0 Å². The first-order chi connectivity index (χ1) is 12.8. The maximum absolute atomic E-state index is 13.0. The molecule has 2 fully saturated rings. The number of piperidine rings is 1. The van der Waals surface area contributed by atoms with Gasteiger partial charge >= 0.3 is 0 Å². The van der Waals surface area contributed by atoms with Crippen LogP contribution >= 0.6 is 12.4 Å². The second kappa shape index (κ2) is 9.43. The normalized spacial score (nSPS) is 19.9. The molecule has 2 aliphatic rings. The minimum absolute atomic E-state index is 0. The molecule has 0 spiro atoms. The number of carbonyl (C=O) groups is 1. The molecule has 0 saturated carbocycles. The maximum atomic E-state index is 13.0. The first-order valence-corrected chi connectivity index (χ1v) is 11.0. The molecule has 1 atom stereocenters. The Labute approximate surface area is 173 Å². The van der Waals surface area contributed by atoms with E-state index >= 15 is 0 Å². The van der Waals surface area contributed by atoms with Gasteiger partial charge in [-0.2, -0.15) is 4.31 Å². The zero-order valence-corrected chi connectivity index (χ0v) is 18.1. The third-order valence-electron chi connectivity index (χ3n) is 5.66. The molecule has 0 aliphatic carbocycles. The van der Waals surface area contributed by atoms with Crippen molar-refractivity contribution in [1.82, 2.24) is 9.21 Å². The summed E-state index contributed by atoms with van der Waals surface area (Å²) in [4.78, 5) is 14.8. The summed E-state index contributed by atoms with van der Waals surface area (Å²) in [6, 6.07) is 4.81. The van der Waals surface area contributed by atoms with Gasteiger partial charge in [0.1, 0.15) is 10.6 Å². The number of nitrogens with two attached hydrogens (primary N) is 1. The van der Waals surface area contributed by atoms with Gasteiger partial charge in [0.05, 0.1) is 7.11 Å². The molecule has 2 N–H and O–H groups in total. The number of methoxy groups -OCH3 is 1. The van der Waals surface area contributed by atoms with Crippen molar-refractivity contribution in [3.05, 3.63) is 23.8 Å². The Morgan fingerprint density at radius 3 is 2.32 bits per heavy atom. The predicted octanol–water partition coefficient (Wildman–Crippen LogP) is 2.10. The number of nitrogens with zero attached hydrogens (tertiary/aromatic N) is 2. The van der Waals surface area contributed by atoms with Crippen molar-refractivity contribution in [3.8, 4) is 5.75 Å². The number of ether oxygens (including phenoxy) is 1. The van der Waals surface area contributed by atoms with E-state index in [0.29, 0.717) is 37.7 Å². The molecule has 3 rings (SSSR count). The van der Waals surface area contributed by atoms with Crippen LogP contribution in [0.3, 0.4) is 0 Å². The number of hydrogen-bond donors (Lipinski definition) is 1. The molecular weight excluding hydrogens is 402 g/mol. The SMILES string of the molecule is COc1ccc(C(=O)N2CCC(C(C)N)CC2)cc1S(=O)(=O)N1CCCC1.Cl. The summed E-state index contributed by atoms with van der Waals surface area (Å²) < 4.78 is 32.7. The quantitative estimate of drug-likeness (QED) is 0.770. The minimum Gasteiger partial charge on any atom is -0.495 e. The summed E-state index contributed by atoms with van der Waals surface area (Å²) in [6.07, 6.45) is 3.46. The van der Waals surface area contributed by atoms with Gasteiger partial charge in [-0.05, 0) is 56.7 Å². The average molecular weight is 432 g/mol. The Kier molecular flexibility index (Phi) is 7.73. The molecule has 9 heteroatoms. The van der Waals surface area contributed by atoms with Crippen LogP contribution in [-0.2, 0) is 10.0 Å². The van der Waals surface area contributed by atoms with Gasteiger partial charge in [-0.25, -0.2) is 8.42 Å². The summed E-state index contributed by atoms with van der Waals surface area (Å²) >= 11 is 0. The van der Waals surface area contributed by atoms with E-state index in [4.69, 9.17) is 10.5 Å². The zero-order chi connectivity index (χ0) is 19.6. The second-order valence-corrected chi connectivity index (χ2v) is 9.37. The Morgan fingerprint density at radius 1 is 1.18 bits per heavy atom. The Bertz CT molecular complexity index is 786. The molecule has 158 valence electrons. The molecular formula is C19H30ClN3O4S. The zero-order valence-electron chi connectivity index (χ0n) is 16.5. The third kappa shape index (κ3) is 4.62. The number of rotatable bonds is 5. The molecule has 1 amide bonds. The number of amides is 1. The van der Waals surface area contributed by atoms with Crippen molar-refractivity contribution in [2.24, 2.45) is 11.7 Å². The van der Waals surface area contributed by atoms with Gasteiger partial charge in [0.25, 0.3) is 5.91 Å². The van der Waals surface area contributed by atoms with Crippen molar-refractivity contribution >= 4 is 28.3 Å². The fraction of sp³-hybridized carbons (Fsp3) is 0.632. The standard InChI is InChI=1S/C19H29N3O4S.ClH/c1-14(20)15-7-11-21(12-8-15)19(23)16-5-6-17(26-2)18(13-16)27(24,25)22-9-3-4-10-22;/h5-6,13-15H,3-4,7-12,20H2,1-2H3;1H. The fourth-order valence-corrected chi connectivity index (χ4v) is 5.59. The van der Waals surface area contributed by atoms with Crippen molar-refractivity contribution in [2.45, 2.75) is 43.5 Å². The highest BCUT2D eigenvalue weighted by molar-refractivity contribution is 7.89. The van der Waals surface area contributed by atoms with E-state index in [2.05, 4.69) is 0 Å². The van der Waals surface area contributed by atoms with Crippen LogP contribution in [0.4, 0.5) is 0 Å². The highest BCUT2D eigenvalue weighted by Gasteiger charge is 2.32. The summed E-state index contributed by atoms with van der Waals surface area (Å²) in [6.45, 7) is 4.31. The van der Waals surface area contributed by atoms with Crippen LogP contribution in [0, 0.1) is 5.92 Å². The number of benzene rings is 1. The van der Waals surface area contributed by atoms with Crippen molar-refractivity contribution in [2.75, 3.05) is 33.3 Å². The monoisotopic (exact) mass is 431 g/mol. The molecule has 1 unspecified atom stereocenters. The number of carbonyl (C=O) groups excluding carboxylic acids is 1. The van der Waals surface area contributed by atoms with Crippen molar-refractivity contribution in [1.29, 1.82) is 0 Å². The molecule has 2 aliphatic heterocycles. The molecule has 28 heavy (non-hydrogen) atoms. The van der Waals surface area contributed by atoms with Crippen LogP contribution < -0.4 is 10.5 Å². The van der Waals surface area contributed by atoms with E-state index in [1.165, 1.54) is 17.5 Å². The van der Waals surface area contributed by atoms with Crippen LogP contribution in [0.25, 0.3) is 0 Å². The molecule has 0 bridgehead atoms. The van der Waals surface area contributed by atoms with E-state index in [9.17, 15) is 13.2 Å². The van der Waals surface area contributed by atoms with Crippen LogP contribution in [0.2, 0.25) is 0 Å². The molecule has 7 nitrogen and oxygen atoms in total. The van der Waals surface area contributed by atoms with Crippen LogP contribution in [0.1, 0.15) is 43.0 Å². The molecule has 2 heterocycles. The van der Waals surface area contributed by atoms with E-state index in [1.54, 1.807) is 17.0 Å². The number of hydrogen-bond acceptors (Lipinski definition) is 5. The maximum Gasteiger partial charge on any atom is 0.253 e. The van der Waals surface area contributed by atoms with Gasteiger partial charge in [0.15, 0.2) is 0 Å². The third-order valence-corrected chi connectivity index (χ3v) is 7.58. The lowest BCUT2D eigenvalue weighted by atomic mass is 9.90. The van der Waals surface area contributed by atoms with Crippen LogP contribution in [0.15, 0.2) is 23.1 Å². The van der Waals surface area contributed by atoms with Gasteiger partial charge in [-0.3, -0.25) is 4.79 Å². The van der Waals surface area contributed by atoms with Gasteiger partial charge in [-0.15, -0.1) is 12.4 Å². The number of sulfonamides is 1. The predicted molar refractivity (Wildman–Crippen MR) is 111 cm³/mol. The van der Waals surface area contributed by atoms with E-state index in [0.717, 1.165) is 25.7 Å². The largest absolute Gasteiger partial charge is 0.495 e. The molecule has 1 aromatic rings. The Balaban J connectivity index is 0.00000280. The number of halogens is 1. The van der Waals surface area contributed by atoms with Crippen LogP contribution in [0.5, 0.6) is 5.75 Å². The van der Waals surface area contributed by atoms with Crippen LogP contribution in [-0.4, -0.2) is 62.9 Å². The number of likely N-dealkylation sites (tertiary alicyclic amines) is 1. The van der Waals surface area contributed by atoms with E-state index in [-0.39, 0.29) is 35.0 Å².